The van der Waals surface area contributed by atoms with Gasteiger partial charge in [-0.05, 0) is 48.4 Å². The van der Waals surface area contributed by atoms with Gasteiger partial charge in [-0.15, -0.1) is 0 Å². The van der Waals surface area contributed by atoms with Crippen LogP contribution in [0.3, 0.4) is 0 Å². The lowest BCUT2D eigenvalue weighted by molar-refractivity contribution is 0.306. The zero-order chi connectivity index (χ0) is 12.8. The number of benzene rings is 2. The first-order valence-corrected chi connectivity index (χ1v) is 6.73. The van der Waals surface area contributed by atoms with Gasteiger partial charge in [-0.25, -0.2) is 0 Å². The van der Waals surface area contributed by atoms with E-state index >= 15 is 0 Å². The Labute approximate surface area is 116 Å². The maximum Gasteiger partial charge on any atom is 0.119 e. The fourth-order valence-corrected chi connectivity index (χ4v) is 1.93. The van der Waals surface area contributed by atoms with Crippen LogP contribution in [0.25, 0.3) is 0 Å². The summed E-state index contributed by atoms with van der Waals surface area (Å²) >= 11 is 3.40. The van der Waals surface area contributed by atoms with E-state index in [9.17, 15) is 0 Å². The zero-order valence-electron chi connectivity index (χ0n) is 10.1. The van der Waals surface area contributed by atoms with Gasteiger partial charge in [-0.1, -0.05) is 40.2 Å². The molecule has 2 rings (SSSR count). The van der Waals surface area contributed by atoms with Gasteiger partial charge in [0.1, 0.15) is 12.4 Å². The molecule has 0 aliphatic heterocycles. The molecule has 2 N–H and O–H groups in total. The van der Waals surface area contributed by atoms with Gasteiger partial charge in [0.15, 0.2) is 0 Å². The van der Waals surface area contributed by atoms with Crippen molar-refractivity contribution in [3.05, 3.63) is 64.1 Å². The van der Waals surface area contributed by atoms with Crippen LogP contribution in [0.4, 0.5) is 0 Å². The molecule has 0 bridgehead atoms. The van der Waals surface area contributed by atoms with Crippen LogP contribution >= 0.6 is 15.9 Å². The van der Waals surface area contributed by atoms with Crippen LogP contribution < -0.4 is 10.5 Å². The minimum absolute atomic E-state index is 0.588. The summed E-state index contributed by atoms with van der Waals surface area (Å²) in [5.41, 5.74) is 7.95. The number of ether oxygens (including phenoxy) is 1. The summed E-state index contributed by atoms with van der Waals surface area (Å²) in [7, 11) is 0. The highest BCUT2D eigenvalue weighted by Gasteiger charge is 1.97. The molecular weight excluding hydrogens is 290 g/mol. The smallest absolute Gasteiger partial charge is 0.119 e. The molecule has 18 heavy (non-hydrogen) atoms. The van der Waals surface area contributed by atoms with Crippen molar-refractivity contribution in [3.63, 3.8) is 0 Å². The lowest BCUT2D eigenvalue weighted by Gasteiger charge is -2.07. The second-order valence-electron chi connectivity index (χ2n) is 4.10. The third-order valence-corrected chi connectivity index (χ3v) is 3.20. The second kappa shape index (κ2) is 6.57. The highest BCUT2D eigenvalue weighted by molar-refractivity contribution is 9.10. The van der Waals surface area contributed by atoms with E-state index in [1.807, 2.05) is 24.3 Å². The molecule has 0 amide bonds. The van der Waals surface area contributed by atoms with E-state index in [1.165, 1.54) is 11.1 Å². The summed E-state index contributed by atoms with van der Waals surface area (Å²) in [5.74, 6) is 0.879. The lowest BCUT2D eigenvalue weighted by Crippen LogP contribution is -2.02. The minimum atomic E-state index is 0.588. The van der Waals surface area contributed by atoms with E-state index < -0.39 is 0 Å². The second-order valence-corrected chi connectivity index (χ2v) is 5.01. The number of hydrogen-bond donors (Lipinski definition) is 1. The monoisotopic (exact) mass is 305 g/mol. The highest BCUT2D eigenvalue weighted by atomic mass is 79.9. The molecule has 0 saturated heterocycles. The van der Waals surface area contributed by atoms with Crippen LogP contribution in [-0.4, -0.2) is 6.54 Å². The maximum absolute atomic E-state index is 5.70. The summed E-state index contributed by atoms with van der Waals surface area (Å²) < 4.78 is 6.76. The van der Waals surface area contributed by atoms with Gasteiger partial charge in [0, 0.05) is 4.47 Å². The summed E-state index contributed by atoms with van der Waals surface area (Å²) in [5, 5.41) is 0. The van der Waals surface area contributed by atoms with Crippen LogP contribution in [0, 0.1) is 0 Å². The molecular formula is C15H16BrNO. The van der Waals surface area contributed by atoms with E-state index in [2.05, 4.69) is 40.2 Å². The molecule has 0 unspecified atom stereocenters. The fourth-order valence-electron chi connectivity index (χ4n) is 1.67. The Morgan fingerprint density at radius 2 is 1.50 bits per heavy atom. The van der Waals surface area contributed by atoms with Crippen molar-refractivity contribution in [3.8, 4) is 5.75 Å². The van der Waals surface area contributed by atoms with Crippen molar-refractivity contribution in [1.29, 1.82) is 0 Å². The molecule has 0 aliphatic rings. The molecule has 0 aliphatic carbocycles. The Bertz CT molecular complexity index is 479. The van der Waals surface area contributed by atoms with Gasteiger partial charge in [-0.2, -0.15) is 0 Å². The summed E-state index contributed by atoms with van der Waals surface area (Å²) in [4.78, 5) is 0. The fraction of sp³-hybridized carbons (Fsp3) is 0.200. The summed E-state index contributed by atoms with van der Waals surface area (Å²) in [6.45, 7) is 1.28. The average molecular weight is 306 g/mol. The number of nitrogens with two attached hydrogens (primary N) is 1. The van der Waals surface area contributed by atoms with Crippen molar-refractivity contribution < 1.29 is 4.74 Å². The summed E-state index contributed by atoms with van der Waals surface area (Å²) in [6, 6.07) is 16.2. The quantitative estimate of drug-likeness (QED) is 0.917. The molecule has 2 aromatic rings. The third kappa shape index (κ3) is 3.86. The predicted octanol–water partition coefficient (Wildman–Crippen LogP) is 3.53. The third-order valence-electron chi connectivity index (χ3n) is 2.68. The first kappa shape index (κ1) is 13.1. The minimum Gasteiger partial charge on any atom is -0.489 e. The molecule has 0 spiro atoms. The van der Waals surface area contributed by atoms with Gasteiger partial charge in [0.2, 0.25) is 0 Å². The molecule has 0 saturated carbocycles. The zero-order valence-corrected chi connectivity index (χ0v) is 11.7. The molecule has 0 radical (unpaired) electrons. The molecule has 0 atom stereocenters. The Kier molecular flexibility index (Phi) is 4.79. The standard InChI is InChI=1S/C15H16BrNO/c16-14-5-7-15(8-6-14)18-11-13-3-1-12(2-4-13)9-10-17/h1-8H,9-11,17H2. The van der Waals surface area contributed by atoms with E-state index in [1.54, 1.807) is 0 Å². The van der Waals surface area contributed by atoms with E-state index in [4.69, 9.17) is 10.5 Å². The first-order valence-electron chi connectivity index (χ1n) is 5.94. The number of halogens is 1. The molecule has 0 aromatic heterocycles. The van der Waals surface area contributed by atoms with Gasteiger partial charge in [0.05, 0.1) is 0 Å². The Morgan fingerprint density at radius 3 is 2.11 bits per heavy atom. The molecule has 94 valence electrons. The van der Waals surface area contributed by atoms with Crippen LogP contribution in [-0.2, 0) is 13.0 Å². The predicted molar refractivity (Wildman–Crippen MR) is 77.7 cm³/mol. The van der Waals surface area contributed by atoms with E-state index in [0.717, 1.165) is 16.6 Å². The van der Waals surface area contributed by atoms with Crippen LogP contribution in [0.5, 0.6) is 5.75 Å². The Hall–Kier alpha value is -1.32. The van der Waals surface area contributed by atoms with Gasteiger partial charge in [0.25, 0.3) is 0 Å². The highest BCUT2D eigenvalue weighted by Crippen LogP contribution is 2.17. The van der Waals surface area contributed by atoms with Crippen molar-refractivity contribution in [2.24, 2.45) is 5.73 Å². The largest absolute Gasteiger partial charge is 0.489 e. The summed E-state index contributed by atoms with van der Waals surface area (Å²) in [6.07, 6.45) is 0.924. The SMILES string of the molecule is NCCc1ccc(COc2ccc(Br)cc2)cc1. The van der Waals surface area contributed by atoms with Crippen molar-refractivity contribution in [1.82, 2.24) is 0 Å². The first-order chi connectivity index (χ1) is 8.78. The maximum atomic E-state index is 5.70. The average Bonchev–Trinajstić information content (AvgIpc) is 2.40. The Morgan fingerprint density at radius 1 is 0.889 bits per heavy atom. The number of hydrogen-bond acceptors (Lipinski definition) is 2. The lowest BCUT2D eigenvalue weighted by atomic mass is 10.1. The van der Waals surface area contributed by atoms with Gasteiger partial charge in [-0.3, -0.25) is 0 Å². The van der Waals surface area contributed by atoms with Crippen molar-refractivity contribution in [2.75, 3.05) is 6.54 Å². The molecule has 0 heterocycles. The van der Waals surface area contributed by atoms with E-state index in [0.29, 0.717) is 13.2 Å². The van der Waals surface area contributed by atoms with Crippen LogP contribution in [0.2, 0.25) is 0 Å². The normalized spacial score (nSPS) is 10.3. The molecule has 3 heteroatoms. The molecule has 2 aromatic carbocycles. The van der Waals surface area contributed by atoms with Crippen molar-refractivity contribution >= 4 is 15.9 Å². The van der Waals surface area contributed by atoms with Gasteiger partial charge >= 0.3 is 0 Å². The van der Waals surface area contributed by atoms with Crippen LogP contribution in [0.1, 0.15) is 11.1 Å². The Balaban J connectivity index is 1.91. The van der Waals surface area contributed by atoms with E-state index in [-0.39, 0.29) is 0 Å². The molecule has 2 nitrogen and oxygen atoms in total. The number of rotatable bonds is 5. The molecule has 0 fully saturated rings. The van der Waals surface area contributed by atoms with Crippen molar-refractivity contribution in [2.45, 2.75) is 13.0 Å². The topological polar surface area (TPSA) is 35.2 Å². The van der Waals surface area contributed by atoms with Crippen LogP contribution in [0.15, 0.2) is 53.0 Å². The van der Waals surface area contributed by atoms with Gasteiger partial charge < -0.3 is 10.5 Å².